The lowest BCUT2D eigenvalue weighted by molar-refractivity contribution is 0.546. The van der Waals surface area contributed by atoms with E-state index in [0.717, 1.165) is 18.5 Å². The molecule has 0 fully saturated rings. The van der Waals surface area contributed by atoms with Gasteiger partial charge in [-0.15, -0.1) is 0 Å². The third kappa shape index (κ3) is 3.30. The van der Waals surface area contributed by atoms with Gasteiger partial charge in [0.15, 0.2) is 9.84 Å². The maximum absolute atomic E-state index is 12.1. The van der Waals surface area contributed by atoms with Crippen LogP contribution in [-0.2, 0) is 16.3 Å². The Morgan fingerprint density at radius 2 is 1.95 bits per heavy atom. The van der Waals surface area contributed by atoms with E-state index in [1.54, 1.807) is 20.8 Å². The molecule has 1 unspecified atom stereocenters. The zero-order chi connectivity index (χ0) is 14.1. The summed E-state index contributed by atoms with van der Waals surface area (Å²) in [5.41, 5.74) is 2.49. The Morgan fingerprint density at radius 1 is 1.26 bits per heavy atom. The molecule has 1 atom stereocenters. The Kier molecular flexibility index (Phi) is 3.90. The monoisotopic (exact) mass is 281 g/mol. The highest BCUT2D eigenvalue weighted by Crippen LogP contribution is 2.26. The quantitative estimate of drug-likeness (QED) is 0.926. The van der Waals surface area contributed by atoms with Crippen LogP contribution in [0.25, 0.3) is 0 Å². The van der Waals surface area contributed by atoms with E-state index in [9.17, 15) is 8.42 Å². The molecule has 0 saturated heterocycles. The molecular formula is C15H23NO2S. The molecule has 1 N–H and O–H groups in total. The van der Waals surface area contributed by atoms with Crippen LogP contribution in [0.4, 0.5) is 5.69 Å². The summed E-state index contributed by atoms with van der Waals surface area (Å²) >= 11 is 0. The first-order valence-electron chi connectivity index (χ1n) is 6.86. The van der Waals surface area contributed by atoms with E-state index in [-0.39, 0.29) is 11.8 Å². The average Bonchev–Trinajstić information content (AvgIpc) is 2.35. The van der Waals surface area contributed by atoms with E-state index in [1.165, 1.54) is 5.56 Å². The zero-order valence-corrected chi connectivity index (χ0v) is 12.8. The largest absolute Gasteiger partial charge is 0.382 e. The average molecular weight is 281 g/mol. The number of para-hydroxylation sites is 1. The van der Waals surface area contributed by atoms with Gasteiger partial charge in [0.05, 0.1) is 10.5 Å². The lowest BCUT2D eigenvalue weighted by Crippen LogP contribution is -2.34. The molecule has 0 amide bonds. The van der Waals surface area contributed by atoms with Gasteiger partial charge in [0.1, 0.15) is 0 Å². The molecule has 106 valence electrons. The van der Waals surface area contributed by atoms with Gasteiger partial charge in [0.2, 0.25) is 0 Å². The van der Waals surface area contributed by atoms with Gasteiger partial charge < -0.3 is 5.32 Å². The minimum atomic E-state index is -3.01. The number of sulfone groups is 1. The number of aryl methyl sites for hydroxylation is 1. The van der Waals surface area contributed by atoms with Crippen LogP contribution in [0.3, 0.4) is 0 Å². The van der Waals surface area contributed by atoms with E-state index in [1.807, 2.05) is 12.1 Å². The molecule has 0 bridgehead atoms. The standard InChI is InChI=1S/C15H23NO2S/c1-15(2,3)19(17,18)11-10-13-9-8-12-6-4-5-7-14(12)16-13/h4-7,13,16H,8-11H2,1-3H3. The smallest absolute Gasteiger partial charge is 0.155 e. The van der Waals surface area contributed by atoms with Crippen LogP contribution in [0.15, 0.2) is 24.3 Å². The molecule has 0 spiro atoms. The van der Waals surface area contributed by atoms with Gasteiger partial charge in [-0.2, -0.15) is 0 Å². The number of nitrogens with one attached hydrogen (secondary N) is 1. The molecule has 0 saturated carbocycles. The molecule has 1 aromatic carbocycles. The first-order chi connectivity index (χ1) is 8.79. The molecule has 0 aliphatic carbocycles. The van der Waals surface area contributed by atoms with Crippen molar-refractivity contribution in [1.29, 1.82) is 0 Å². The highest BCUT2D eigenvalue weighted by molar-refractivity contribution is 7.92. The van der Waals surface area contributed by atoms with Gasteiger partial charge >= 0.3 is 0 Å². The van der Waals surface area contributed by atoms with Gasteiger partial charge in [-0.3, -0.25) is 0 Å². The van der Waals surface area contributed by atoms with Gasteiger partial charge in [-0.25, -0.2) is 8.42 Å². The second-order valence-electron chi connectivity index (χ2n) is 6.26. The summed E-state index contributed by atoms with van der Waals surface area (Å²) in [6.07, 6.45) is 2.73. The fourth-order valence-electron chi connectivity index (χ4n) is 2.32. The molecule has 0 radical (unpaired) electrons. The Labute approximate surface area is 116 Å². The summed E-state index contributed by atoms with van der Waals surface area (Å²) in [6.45, 7) is 5.31. The highest BCUT2D eigenvalue weighted by atomic mass is 32.2. The molecule has 1 aliphatic rings. The van der Waals surface area contributed by atoms with E-state index >= 15 is 0 Å². The predicted octanol–water partition coefficient (Wildman–Crippen LogP) is 3.02. The number of fused-ring (bicyclic) bond motifs is 1. The van der Waals surface area contributed by atoms with Crippen molar-refractivity contribution in [3.8, 4) is 0 Å². The van der Waals surface area contributed by atoms with Crippen LogP contribution >= 0.6 is 0 Å². The van der Waals surface area contributed by atoms with Crippen LogP contribution in [0, 0.1) is 0 Å². The fourth-order valence-corrected chi connectivity index (χ4v) is 3.53. The van der Waals surface area contributed by atoms with E-state index in [0.29, 0.717) is 6.42 Å². The van der Waals surface area contributed by atoms with Crippen LogP contribution in [0.1, 0.15) is 39.2 Å². The van der Waals surface area contributed by atoms with Gasteiger partial charge in [0.25, 0.3) is 0 Å². The number of hydrogen-bond acceptors (Lipinski definition) is 3. The van der Waals surface area contributed by atoms with Crippen LogP contribution in [0.5, 0.6) is 0 Å². The molecule has 1 heterocycles. The van der Waals surface area contributed by atoms with Gasteiger partial charge in [-0.05, 0) is 51.7 Å². The summed E-state index contributed by atoms with van der Waals surface area (Å²) in [6, 6.07) is 8.53. The summed E-state index contributed by atoms with van der Waals surface area (Å²) in [5, 5.41) is 3.46. The minimum absolute atomic E-state index is 0.260. The third-order valence-corrected chi connectivity index (χ3v) is 6.45. The predicted molar refractivity (Wildman–Crippen MR) is 80.3 cm³/mol. The Morgan fingerprint density at radius 3 is 2.63 bits per heavy atom. The zero-order valence-electron chi connectivity index (χ0n) is 11.9. The van der Waals surface area contributed by atoms with Crippen molar-refractivity contribution < 1.29 is 8.42 Å². The van der Waals surface area contributed by atoms with Crippen molar-refractivity contribution in [3.63, 3.8) is 0 Å². The van der Waals surface area contributed by atoms with Crippen molar-refractivity contribution in [3.05, 3.63) is 29.8 Å². The first kappa shape index (κ1) is 14.4. The van der Waals surface area contributed by atoms with Crippen LogP contribution < -0.4 is 5.32 Å². The topological polar surface area (TPSA) is 46.2 Å². The van der Waals surface area contributed by atoms with E-state index < -0.39 is 14.6 Å². The van der Waals surface area contributed by atoms with Crippen LogP contribution in [0.2, 0.25) is 0 Å². The number of hydrogen-bond donors (Lipinski definition) is 1. The van der Waals surface area contributed by atoms with Crippen LogP contribution in [-0.4, -0.2) is 25.0 Å². The highest BCUT2D eigenvalue weighted by Gasteiger charge is 2.29. The molecule has 4 heteroatoms. The first-order valence-corrected chi connectivity index (χ1v) is 8.51. The van der Waals surface area contributed by atoms with Crippen molar-refractivity contribution in [2.45, 2.75) is 50.8 Å². The summed E-state index contributed by atoms with van der Waals surface area (Å²) in [7, 11) is -3.01. The molecule has 1 aromatic rings. The summed E-state index contributed by atoms with van der Waals surface area (Å²) < 4.78 is 23.6. The van der Waals surface area contributed by atoms with E-state index in [4.69, 9.17) is 0 Å². The normalized spacial score (nSPS) is 19.6. The maximum atomic E-state index is 12.1. The summed E-state index contributed by atoms with van der Waals surface area (Å²) in [5.74, 6) is 0.260. The van der Waals surface area contributed by atoms with E-state index in [2.05, 4.69) is 17.4 Å². The summed E-state index contributed by atoms with van der Waals surface area (Å²) in [4.78, 5) is 0. The second-order valence-corrected chi connectivity index (χ2v) is 9.12. The van der Waals surface area contributed by atoms with Crippen molar-refractivity contribution in [2.24, 2.45) is 0 Å². The molecule has 19 heavy (non-hydrogen) atoms. The van der Waals surface area contributed by atoms with Crippen molar-refractivity contribution >= 4 is 15.5 Å². The Bertz CT molecular complexity index is 544. The van der Waals surface area contributed by atoms with Crippen molar-refractivity contribution in [2.75, 3.05) is 11.1 Å². The number of rotatable bonds is 3. The molecule has 0 aromatic heterocycles. The molecule has 1 aliphatic heterocycles. The fraction of sp³-hybridized carbons (Fsp3) is 0.600. The van der Waals surface area contributed by atoms with Crippen molar-refractivity contribution in [1.82, 2.24) is 0 Å². The second kappa shape index (κ2) is 5.16. The maximum Gasteiger partial charge on any atom is 0.155 e. The third-order valence-electron chi connectivity index (χ3n) is 3.81. The SMILES string of the molecule is CC(C)(C)S(=O)(=O)CCC1CCc2ccccc2N1. The molecular weight excluding hydrogens is 258 g/mol. The lowest BCUT2D eigenvalue weighted by atomic mass is 9.97. The number of benzene rings is 1. The van der Waals surface area contributed by atoms with Gasteiger partial charge in [0, 0.05) is 11.7 Å². The lowest BCUT2D eigenvalue weighted by Gasteiger charge is -2.28. The van der Waals surface area contributed by atoms with Gasteiger partial charge in [-0.1, -0.05) is 18.2 Å². The Hall–Kier alpha value is -1.03. The molecule has 2 rings (SSSR count). The minimum Gasteiger partial charge on any atom is -0.382 e. The number of anilines is 1. The Balaban J connectivity index is 1.97. The molecule has 3 nitrogen and oxygen atoms in total.